The summed E-state index contributed by atoms with van der Waals surface area (Å²) in [7, 11) is 0. The second kappa shape index (κ2) is 9.68. The lowest BCUT2D eigenvalue weighted by atomic mass is 9.96. The molecule has 0 aliphatic rings. The number of rotatable bonds is 8. The lowest BCUT2D eigenvalue weighted by molar-refractivity contribution is -0.692. The zero-order valence-corrected chi connectivity index (χ0v) is 15.0. The van der Waals surface area contributed by atoms with E-state index >= 15 is 0 Å². The van der Waals surface area contributed by atoms with Crippen molar-refractivity contribution in [1.82, 2.24) is 5.32 Å². The fraction of sp³-hybridized carbons (Fsp3) is 0.300. The molecule has 6 heteroatoms. The molecule has 0 saturated carbocycles. The molecule has 0 radical (unpaired) electrons. The molecular weight excluding hydrogens is 333 g/mol. The van der Waals surface area contributed by atoms with Crippen LogP contribution in [0.4, 0.5) is 10.1 Å². The van der Waals surface area contributed by atoms with E-state index < -0.39 is 0 Å². The first-order valence-corrected chi connectivity index (χ1v) is 8.66. The molecule has 2 amide bonds. The van der Waals surface area contributed by atoms with Gasteiger partial charge in [-0.25, -0.2) is 4.39 Å². The Morgan fingerprint density at radius 1 is 1.00 bits per heavy atom. The molecule has 0 bridgehead atoms. The van der Waals surface area contributed by atoms with Crippen LogP contribution < -0.4 is 16.0 Å². The van der Waals surface area contributed by atoms with Crippen LogP contribution in [0.1, 0.15) is 25.5 Å². The smallest absolute Gasteiger partial charge is 0.275 e. The first-order valence-electron chi connectivity index (χ1n) is 8.66. The largest absolute Gasteiger partial charge is 0.342 e. The number of nitrogens with one attached hydrogen (secondary N) is 2. The van der Waals surface area contributed by atoms with Gasteiger partial charge in [-0.05, 0) is 24.3 Å². The minimum atomic E-state index is -0.370. The van der Waals surface area contributed by atoms with E-state index in [1.54, 1.807) is 0 Å². The van der Waals surface area contributed by atoms with Crippen LogP contribution in [-0.2, 0) is 9.59 Å². The van der Waals surface area contributed by atoms with Crippen LogP contribution in [0, 0.1) is 11.7 Å². The third kappa shape index (κ3) is 6.29. The molecule has 0 saturated heterocycles. The van der Waals surface area contributed by atoms with Crippen LogP contribution in [0.3, 0.4) is 0 Å². The van der Waals surface area contributed by atoms with Crippen LogP contribution in [0.25, 0.3) is 0 Å². The number of nitrogens with two attached hydrogens (primary N) is 1. The molecule has 1 atom stereocenters. The molecule has 0 spiro atoms. The summed E-state index contributed by atoms with van der Waals surface area (Å²) in [5.74, 6) is -0.564. The van der Waals surface area contributed by atoms with Crippen molar-refractivity contribution in [3.8, 4) is 0 Å². The van der Waals surface area contributed by atoms with E-state index in [1.807, 2.05) is 23.5 Å². The van der Waals surface area contributed by atoms with Crippen molar-refractivity contribution in [3.05, 3.63) is 66.0 Å². The lowest BCUT2D eigenvalue weighted by Gasteiger charge is -2.19. The molecule has 0 fully saturated rings. The number of anilines is 1. The maximum atomic E-state index is 12.8. The van der Waals surface area contributed by atoms with Crippen molar-refractivity contribution in [2.45, 2.75) is 19.9 Å². The Kier molecular flexibility index (Phi) is 7.29. The summed E-state index contributed by atoms with van der Waals surface area (Å²) < 4.78 is 12.8. The SMILES string of the molecule is CC(C)[C@@H]([NH2+]CC(=O)NCC(=O)Nc1ccc(F)cc1)c1ccccc1. The molecule has 0 aromatic heterocycles. The number of hydrogen-bond donors (Lipinski definition) is 3. The molecule has 0 heterocycles. The Morgan fingerprint density at radius 3 is 2.27 bits per heavy atom. The maximum absolute atomic E-state index is 12.8. The van der Waals surface area contributed by atoms with Gasteiger partial charge in [0.25, 0.3) is 5.91 Å². The number of carbonyl (C=O) groups is 2. The second-order valence-corrected chi connectivity index (χ2v) is 6.45. The van der Waals surface area contributed by atoms with Crippen molar-refractivity contribution >= 4 is 17.5 Å². The Morgan fingerprint density at radius 2 is 1.65 bits per heavy atom. The van der Waals surface area contributed by atoms with E-state index in [1.165, 1.54) is 29.8 Å². The van der Waals surface area contributed by atoms with E-state index in [0.717, 1.165) is 0 Å². The minimum absolute atomic E-state index is 0.123. The Balaban J connectivity index is 1.77. The van der Waals surface area contributed by atoms with Gasteiger partial charge in [0.05, 0.1) is 6.54 Å². The van der Waals surface area contributed by atoms with Crippen molar-refractivity contribution in [3.63, 3.8) is 0 Å². The monoisotopic (exact) mass is 358 g/mol. The summed E-state index contributed by atoms with van der Waals surface area (Å²) in [6.07, 6.45) is 0. The van der Waals surface area contributed by atoms with Crippen molar-refractivity contribution in [2.24, 2.45) is 5.92 Å². The van der Waals surface area contributed by atoms with Crippen LogP contribution >= 0.6 is 0 Å². The summed E-state index contributed by atoms with van der Waals surface area (Å²) in [4.78, 5) is 23.9. The van der Waals surface area contributed by atoms with Gasteiger partial charge in [-0.1, -0.05) is 44.2 Å². The molecule has 2 aromatic carbocycles. The molecular formula is C20H25FN3O2+. The van der Waals surface area contributed by atoms with E-state index in [0.29, 0.717) is 11.6 Å². The van der Waals surface area contributed by atoms with Gasteiger partial charge in [0, 0.05) is 17.2 Å². The molecule has 138 valence electrons. The van der Waals surface area contributed by atoms with Gasteiger partial charge in [-0.3, -0.25) is 9.59 Å². The molecule has 26 heavy (non-hydrogen) atoms. The summed E-state index contributed by atoms with van der Waals surface area (Å²) in [5.41, 5.74) is 1.66. The predicted octanol–water partition coefficient (Wildman–Crippen LogP) is 1.84. The van der Waals surface area contributed by atoms with Crippen molar-refractivity contribution in [2.75, 3.05) is 18.4 Å². The van der Waals surface area contributed by atoms with Gasteiger partial charge < -0.3 is 16.0 Å². The number of carbonyl (C=O) groups excluding carboxylic acids is 2. The first kappa shape index (κ1) is 19.6. The Hall–Kier alpha value is -2.73. The minimum Gasteiger partial charge on any atom is -0.342 e. The van der Waals surface area contributed by atoms with E-state index in [9.17, 15) is 14.0 Å². The van der Waals surface area contributed by atoms with Crippen LogP contribution in [0.15, 0.2) is 54.6 Å². The zero-order valence-electron chi connectivity index (χ0n) is 15.0. The number of halogens is 1. The predicted molar refractivity (Wildman–Crippen MR) is 98.9 cm³/mol. The first-order chi connectivity index (χ1) is 12.5. The molecule has 2 aromatic rings. The van der Waals surface area contributed by atoms with Crippen molar-refractivity contribution in [1.29, 1.82) is 0 Å². The van der Waals surface area contributed by atoms with Gasteiger partial charge >= 0.3 is 0 Å². The van der Waals surface area contributed by atoms with Gasteiger partial charge in [0.2, 0.25) is 5.91 Å². The van der Waals surface area contributed by atoms with E-state index in [-0.39, 0.29) is 36.8 Å². The third-order valence-corrected chi connectivity index (χ3v) is 4.03. The zero-order chi connectivity index (χ0) is 18.9. The van der Waals surface area contributed by atoms with E-state index in [2.05, 4.69) is 36.6 Å². The standard InChI is InChI=1S/C20H24FN3O2/c1-14(2)20(15-6-4-3-5-7-15)23-12-18(25)22-13-19(26)24-17-10-8-16(21)9-11-17/h3-11,14,20,23H,12-13H2,1-2H3,(H,22,25)(H,24,26)/p+1/t20-/m1/s1. The summed E-state index contributed by atoms with van der Waals surface area (Å²) >= 11 is 0. The summed E-state index contributed by atoms with van der Waals surface area (Å²) in [6.45, 7) is 4.34. The molecule has 5 nitrogen and oxygen atoms in total. The van der Waals surface area contributed by atoms with Crippen LogP contribution in [0.2, 0.25) is 0 Å². The molecule has 0 aliphatic carbocycles. The number of benzene rings is 2. The van der Waals surface area contributed by atoms with Gasteiger partial charge in [0.15, 0.2) is 6.54 Å². The normalized spacial score (nSPS) is 11.8. The molecule has 4 N–H and O–H groups in total. The topological polar surface area (TPSA) is 74.8 Å². The summed E-state index contributed by atoms with van der Waals surface area (Å²) in [6, 6.07) is 15.7. The van der Waals surface area contributed by atoms with Crippen molar-refractivity contribution < 1.29 is 19.3 Å². The highest BCUT2D eigenvalue weighted by Gasteiger charge is 2.20. The fourth-order valence-corrected chi connectivity index (χ4v) is 2.69. The molecule has 0 unspecified atom stereocenters. The maximum Gasteiger partial charge on any atom is 0.275 e. The highest BCUT2D eigenvalue weighted by molar-refractivity contribution is 5.94. The average molecular weight is 358 g/mol. The van der Waals surface area contributed by atoms with E-state index in [4.69, 9.17) is 0 Å². The quantitative estimate of drug-likeness (QED) is 0.674. The highest BCUT2D eigenvalue weighted by atomic mass is 19.1. The molecule has 0 aliphatic heterocycles. The van der Waals surface area contributed by atoms with Crippen LogP contribution in [0.5, 0.6) is 0 Å². The number of quaternary nitrogens is 1. The molecule has 2 rings (SSSR count). The van der Waals surface area contributed by atoms with Gasteiger partial charge in [-0.2, -0.15) is 0 Å². The average Bonchev–Trinajstić information content (AvgIpc) is 2.63. The van der Waals surface area contributed by atoms with Crippen LogP contribution in [-0.4, -0.2) is 24.9 Å². The number of amides is 2. The summed E-state index contributed by atoms with van der Waals surface area (Å²) in [5, 5.41) is 7.19. The Bertz CT molecular complexity index is 718. The second-order valence-electron chi connectivity index (χ2n) is 6.45. The Labute approximate surface area is 153 Å². The van der Waals surface area contributed by atoms with Gasteiger partial charge in [0.1, 0.15) is 11.9 Å². The highest BCUT2D eigenvalue weighted by Crippen LogP contribution is 2.16. The van der Waals surface area contributed by atoms with Gasteiger partial charge in [-0.15, -0.1) is 0 Å². The lowest BCUT2D eigenvalue weighted by Crippen LogP contribution is -2.88. The number of hydrogen-bond acceptors (Lipinski definition) is 2. The fourth-order valence-electron chi connectivity index (χ4n) is 2.69. The third-order valence-electron chi connectivity index (χ3n) is 4.03.